The van der Waals surface area contributed by atoms with Crippen molar-refractivity contribution < 1.29 is 8.78 Å². The molecule has 3 nitrogen and oxygen atoms in total. The third-order valence-corrected chi connectivity index (χ3v) is 3.99. The lowest BCUT2D eigenvalue weighted by molar-refractivity contribution is 0.482. The number of aromatic nitrogens is 2. The quantitative estimate of drug-likeness (QED) is 0.821. The molecule has 0 fully saturated rings. The predicted molar refractivity (Wildman–Crippen MR) is 80.4 cm³/mol. The van der Waals surface area contributed by atoms with E-state index in [0.717, 1.165) is 0 Å². The Morgan fingerprint density at radius 2 is 1.75 bits per heavy atom. The van der Waals surface area contributed by atoms with Gasteiger partial charge in [0.2, 0.25) is 0 Å². The number of hydrogen-bond acceptors (Lipinski definition) is 2. The van der Waals surface area contributed by atoms with E-state index in [-0.39, 0.29) is 11.6 Å². The molecule has 0 saturated heterocycles. The summed E-state index contributed by atoms with van der Waals surface area (Å²) in [5.41, 5.74) is 6.44. The van der Waals surface area contributed by atoms with Crippen LogP contribution in [0.5, 0.6) is 0 Å². The maximum Gasteiger partial charge on any atom is 0.132 e. The Morgan fingerprint density at radius 1 is 1.20 bits per heavy atom. The summed E-state index contributed by atoms with van der Waals surface area (Å²) < 4.78 is 30.7. The van der Waals surface area contributed by atoms with Crippen molar-refractivity contribution in [1.29, 1.82) is 0 Å². The Hall–Kier alpha value is -0.790. The molecule has 7 heteroatoms. The van der Waals surface area contributed by atoms with Gasteiger partial charge in [-0.05, 0) is 41.9 Å². The number of hydrogen-bond donors (Lipinski definition) is 1. The number of benzene rings is 1. The van der Waals surface area contributed by atoms with E-state index in [1.165, 1.54) is 12.1 Å². The second-order valence-corrected chi connectivity index (χ2v) is 6.45. The van der Waals surface area contributed by atoms with Gasteiger partial charge in [-0.1, -0.05) is 15.9 Å². The Bertz CT molecular complexity index is 618. The van der Waals surface area contributed by atoms with E-state index in [9.17, 15) is 8.78 Å². The van der Waals surface area contributed by atoms with Gasteiger partial charge >= 0.3 is 0 Å². The fourth-order valence-corrected chi connectivity index (χ4v) is 2.96. The highest BCUT2D eigenvalue weighted by Gasteiger charge is 2.25. The van der Waals surface area contributed by atoms with Crippen molar-refractivity contribution in [2.24, 2.45) is 5.73 Å². The van der Waals surface area contributed by atoms with Gasteiger partial charge in [0, 0.05) is 16.1 Å². The summed E-state index contributed by atoms with van der Waals surface area (Å²) in [6, 6.07) is 1.48. The lowest BCUT2D eigenvalue weighted by atomic mass is 10.0. The van der Waals surface area contributed by atoms with Crippen LogP contribution >= 0.6 is 31.9 Å². The van der Waals surface area contributed by atoms with Gasteiger partial charge < -0.3 is 5.73 Å². The van der Waals surface area contributed by atoms with E-state index in [2.05, 4.69) is 37.0 Å². The third kappa shape index (κ3) is 2.80. The predicted octanol–water partition coefficient (Wildman–Crippen LogP) is 4.32. The van der Waals surface area contributed by atoms with Crippen LogP contribution in [-0.4, -0.2) is 9.78 Å². The smallest absolute Gasteiger partial charge is 0.132 e. The third-order valence-electron chi connectivity index (χ3n) is 2.93. The molecule has 0 aliphatic rings. The van der Waals surface area contributed by atoms with Crippen molar-refractivity contribution in [3.63, 3.8) is 0 Å². The van der Waals surface area contributed by atoms with Gasteiger partial charge in [0.15, 0.2) is 0 Å². The molecular formula is C13H13Br2F2N3. The van der Waals surface area contributed by atoms with Crippen LogP contribution < -0.4 is 5.73 Å². The van der Waals surface area contributed by atoms with E-state index in [1.54, 1.807) is 10.9 Å². The van der Waals surface area contributed by atoms with Gasteiger partial charge in [0.05, 0.1) is 22.4 Å². The number of nitrogens with zero attached hydrogens (tertiary/aromatic N) is 2. The van der Waals surface area contributed by atoms with Gasteiger partial charge in [0.1, 0.15) is 11.6 Å². The van der Waals surface area contributed by atoms with E-state index in [4.69, 9.17) is 5.73 Å². The van der Waals surface area contributed by atoms with Crippen molar-refractivity contribution in [1.82, 2.24) is 9.78 Å². The molecule has 20 heavy (non-hydrogen) atoms. The molecule has 0 amide bonds. The second-order valence-electron chi connectivity index (χ2n) is 4.68. The fourth-order valence-electron chi connectivity index (χ4n) is 2.04. The molecule has 1 heterocycles. The van der Waals surface area contributed by atoms with Crippen molar-refractivity contribution in [2.75, 3.05) is 0 Å². The first-order valence-electron chi connectivity index (χ1n) is 5.95. The highest BCUT2D eigenvalue weighted by Crippen LogP contribution is 2.32. The molecule has 0 saturated carbocycles. The van der Waals surface area contributed by atoms with Crippen LogP contribution in [0.2, 0.25) is 0 Å². The summed E-state index contributed by atoms with van der Waals surface area (Å²) in [6.07, 6.45) is 1.57. The molecule has 0 aliphatic heterocycles. The molecule has 0 spiro atoms. The fraction of sp³-hybridized carbons (Fsp3) is 0.308. The maximum atomic E-state index is 14.0. The summed E-state index contributed by atoms with van der Waals surface area (Å²) in [6.45, 7) is 3.84. The first-order chi connectivity index (χ1) is 9.32. The Morgan fingerprint density at radius 3 is 2.25 bits per heavy atom. The first kappa shape index (κ1) is 15.6. The molecule has 2 aromatic rings. The minimum Gasteiger partial charge on any atom is -0.319 e. The molecular weight excluding hydrogens is 396 g/mol. The van der Waals surface area contributed by atoms with Crippen LogP contribution in [0.3, 0.4) is 0 Å². The summed E-state index contributed by atoms with van der Waals surface area (Å²) in [7, 11) is 0. The van der Waals surface area contributed by atoms with E-state index in [1.807, 2.05) is 13.8 Å². The summed E-state index contributed by atoms with van der Waals surface area (Å²) in [5, 5.41) is 4.17. The minimum atomic E-state index is -0.942. The van der Waals surface area contributed by atoms with E-state index in [0.29, 0.717) is 14.6 Å². The number of nitrogens with two attached hydrogens (primary N) is 1. The lowest BCUT2D eigenvalue weighted by Crippen LogP contribution is -2.21. The molecule has 1 unspecified atom stereocenters. The largest absolute Gasteiger partial charge is 0.319 e. The van der Waals surface area contributed by atoms with E-state index >= 15 is 0 Å². The van der Waals surface area contributed by atoms with Crippen molar-refractivity contribution in [3.05, 3.63) is 50.2 Å². The second kappa shape index (κ2) is 5.91. The van der Waals surface area contributed by atoms with Gasteiger partial charge in [0.25, 0.3) is 0 Å². The number of halogens is 4. The van der Waals surface area contributed by atoms with Crippen molar-refractivity contribution in [3.8, 4) is 0 Å². The van der Waals surface area contributed by atoms with E-state index < -0.39 is 17.7 Å². The minimum absolute atomic E-state index is 0.0314. The van der Waals surface area contributed by atoms with Crippen LogP contribution in [0.15, 0.2) is 27.3 Å². The first-order valence-corrected chi connectivity index (χ1v) is 7.54. The van der Waals surface area contributed by atoms with Crippen LogP contribution in [0, 0.1) is 11.6 Å². The molecule has 2 N–H and O–H groups in total. The zero-order valence-corrected chi connectivity index (χ0v) is 14.0. The van der Waals surface area contributed by atoms with Crippen molar-refractivity contribution in [2.45, 2.75) is 25.9 Å². The van der Waals surface area contributed by atoms with Gasteiger partial charge in [-0.3, -0.25) is 4.68 Å². The lowest BCUT2D eigenvalue weighted by Gasteiger charge is -2.19. The topological polar surface area (TPSA) is 43.8 Å². The van der Waals surface area contributed by atoms with Crippen LogP contribution in [0.25, 0.3) is 0 Å². The van der Waals surface area contributed by atoms with Crippen LogP contribution in [0.1, 0.15) is 37.2 Å². The van der Waals surface area contributed by atoms with Crippen molar-refractivity contribution >= 4 is 31.9 Å². The zero-order chi connectivity index (χ0) is 15.0. The number of rotatable bonds is 3. The maximum absolute atomic E-state index is 14.0. The zero-order valence-electron chi connectivity index (χ0n) is 10.9. The molecule has 0 aliphatic carbocycles. The Balaban J connectivity index is 2.58. The monoisotopic (exact) mass is 407 g/mol. The molecule has 1 aromatic heterocycles. The highest BCUT2D eigenvalue weighted by molar-refractivity contribution is 9.10. The van der Waals surface area contributed by atoms with Gasteiger partial charge in [-0.25, -0.2) is 8.78 Å². The average Bonchev–Trinajstić information content (AvgIpc) is 2.69. The van der Waals surface area contributed by atoms with Crippen LogP contribution in [-0.2, 0) is 0 Å². The molecule has 0 bridgehead atoms. The van der Waals surface area contributed by atoms with Gasteiger partial charge in [-0.15, -0.1) is 0 Å². The molecule has 1 atom stereocenters. The summed E-state index contributed by atoms with van der Waals surface area (Å²) >= 11 is 6.38. The summed E-state index contributed by atoms with van der Waals surface area (Å²) in [4.78, 5) is 0. The molecule has 2 rings (SSSR count). The average molecular weight is 409 g/mol. The van der Waals surface area contributed by atoms with Gasteiger partial charge in [-0.2, -0.15) is 5.10 Å². The summed E-state index contributed by atoms with van der Waals surface area (Å²) in [5.74, 6) is -1.37. The Kier molecular flexibility index (Phi) is 4.61. The highest BCUT2D eigenvalue weighted by atomic mass is 79.9. The molecule has 0 radical (unpaired) electrons. The molecule has 1 aromatic carbocycles. The normalized spacial score (nSPS) is 13.0. The Labute approximate surface area is 132 Å². The SMILES string of the molecule is CC(C)n1ncc(Br)c1C(N)c1c(F)cc(Br)cc1F. The standard InChI is InChI=1S/C13H13Br2F2N3/c1-6(2)20-13(8(15)5-19-20)12(18)11-9(16)3-7(14)4-10(11)17/h3-6,12H,18H2,1-2H3. The molecule has 108 valence electrons. The van der Waals surface area contributed by atoms with Crippen LogP contribution in [0.4, 0.5) is 8.78 Å².